The fourth-order valence-corrected chi connectivity index (χ4v) is 7.17. The van der Waals surface area contributed by atoms with Crippen molar-refractivity contribution >= 4 is 38.2 Å². The first-order valence-electron chi connectivity index (χ1n) is 12.2. The third-order valence-electron chi connectivity index (χ3n) is 6.41. The van der Waals surface area contributed by atoms with E-state index in [0.717, 1.165) is 48.1 Å². The highest BCUT2D eigenvalue weighted by Crippen LogP contribution is 2.37. The number of benzene rings is 2. The molecule has 3 aromatic rings. The summed E-state index contributed by atoms with van der Waals surface area (Å²) in [7, 11) is -2.14. The fourth-order valence-electron chi connectivity index (χ4n) is 4.45. The van der Waals surface area contributed by atoms with Crippen molar-refractivity contribution in [3.05, 3.63) is 81.7 Å². The zero-order valence-corrected chi connectivity index (χ0v) is 22.2. The lowest BCUT2D eigenvalue weighted by Gasteiger charge is -2.20. The number of sulfonamides is 1. The van der Waals surface area contributed by atoms with Gasteiger partial charge in [0.2, 0.25) is 10.0 Å². The van der Waals surface area contributed by atoms with E-state index in [1.165, 1.54) is 39.9 Å². The first kappa shape index (κ1) is 26.1. The molecule has 1 aliphatic carbocycles. The number of rotatable bonds is 8. The summed E-state index contributed by atoms with van der Waals surface area (Å²) < 4.78 is 27.8. The highest BCUT2D eigenvalue weighted by molar-refractivity contribution is 7.89. The second-order valence-corrected chi connectivity index (χ2v) is 11.8. The van der Waals surface area contributed by atoms with Gasteiger partial charge in [-0.1, -0.05) is 43.7 Å². The van der Waals surface area contributed by atoms with Crippen LogP contribution in [0.25, 0.3) is 0 Å². The fraction of sp³-hybridized carbons (Fsp3) is 0.333. The number of nitrogens with zero attached hydrogens (tertiary/aromatic N) is 1. The SMILES string of the molecule is CCN(Cc1ccccc1)S(=O)(=O)c1ccc(C(=O)Nc2sc3c(c2C(=O)NC)CCCCC3)cc1. The van der Waals surface area contributed by atoms with E-state index in [-0.39, 0.29) is 23.3 Å². The van der Waals surface area contributed by atoms with E-state index < -0.39 is 10.0 Å². The van der Waals surface area contributed by atoms with Crippen molar-refractivity contribution in [1.82, 2.24) is 9.62 Å². The summed E-state index contributed by atoms with van der Waals surface area (Å²) in [6.45, 7) is 2.40. The Morgan fingerprint density at radius 1 is 0.944 bits per heavy atom. The topological polar surface area (TPSA) is 95.6 Å². The Bertz CT molecular complexity index is 1330. The Morgan fingerprint density at radius 3 is 2.31 bits per heavy atom. The van der Waals surface area contributed by atoms with Crippen LogP contribution in [0.1, 0.15) is 62.9 Å². The van der Waals surface area contributed by atoms with E-state index >= 15 is 0 Å². The summed E-state index contributed by atoms with van der Waals surface area (Å²) in [6.07, 6.45) is 4.96. The minimum atomic E-state index is -3.73. The molecule has 7 nitrogen and oxygen atoms in total. The zero-order chi connectivity index (χ0) is 25.7. The van der Waals surface area contributed by atoms with Gasteiger partial charge < -0.3 is 10.6 Å². The number of hydrogen-bond donors (Lipinski definition) is 2. The highest BCUT2D eigenvalue weighted by atomic mass is 32.2. The Morgan fingerprint density at radius 2 is 1.64 bits per heavy atom. The van der Waals surface area contributed by atoms with Crippen LogP contribution in [0, 0.1) is 0 Å². The van der Waals surface area contributed by atoms with Crippen LogP contribution < -0.4 is 10.6 Å². The van der Waals surface area contributed by atoms with Crippen molar-refractivity contribution in [2.75, 3.05) is 18.9 Å². The third kappa shape index (κ3) is 5.53. The molecular formula is C27H31N3O4S2. The summed E-state index contributed by atoms with van der Waals surface area (Å²) in [5, 5.41) is 6.14. The number of nitrogens with one attached hydrogen (secondary N) is 2. The predicted molar refractivity (Wildman–Crippen MR) is 143 cm³/mol. The van der Waals surface area contributed by atoms with Crippen LogP contribution in [0.3, 0.4) is 0 Å². The number of amides is 2. The van der Waals surface area contributed by atoms with Crippen LogP contribution in [0.15, 0.2) is 59.5 Å². The van der Waals surface area contributed by atoms with Crippen molar-refractivity contribution < 1.29 is 18.0 Å². The first-order valence-corrected chi connectivity index (χ1v) is 14.4. The van der Waals surface area contributed by atoms with Gasteiger partial charge in [-0.3, -0.25) is 9.59 Å². The lowest BCUT2D eigenvalue weighted by molar-refractivity contribution is 0.0963. The van der Waals surface area contributed by atoms with E-state index in [1.807, 2.05) is 30.3 Å². The molecule has 0 unspecified atom stereocenters. The minimum absolute atomic E-state index is 0.130. The average molecular weight is 526 g/mol. The maximum atomic E-state index is 13.2. The monoisotopic (exact) mass is 525 g/mol. The Balaban J connectivity index is 1.54. The molecule has 0 saturated carbocycles. The van der Waals surface area contributed by atoms with Gasteiger partial charge in [0.05, 0.1) is 10.5 Å². The van der Waals surface area contributed by atoms with Gasteiger partial charge in [-0.05, 0) is 61.1 Å². The number of anilines is 1. The summed E-state index contributed by atoms with van der Waals surface area (Å²) in [5.41, 5.74) is 2.81. The molecule has 1 heterocycles. The molecule has 0 aliphatic heterocycles. The van der Waals surface area contributed by atoms with Crippen LogP contribution in [0.5, 0.6) is 0 Å². The Labute approximate surface area is 216 Å². The lowest BCUT2D eigenvalue weighted by Crippen LogP contribution is -2.30. The van der Waals surface area contributed by atoms with Gasteiger partial charge in [0.25, 0.3) is 11.8 Å². The second-order valence-electron chi connectivity index (χ2n) is 8.74. The summed E-state index contributed by atoms with van der Waals surface area (Å²) in [4.78, 5) is 27.0. The molecule has 4 rings (SSSR count). The van der Waals surface area contributed by atoms with Crippen molar-refractivity contribution in [2.45, 2.75) is 50.5 Å². The largest absolute Gasteiger partial charge is 0.355 e. The molecule has 0 fully saturated rings. The van der Waals surface area contributed by atoms with E-state index in [0.29, 0.717) is 22.7 Å². The molecule has 1 aliphatic rings. The van der Waals surface area contributed by atoms with Crippen molar-refractivity contribution in [3.63, 3.8) is 0 Å². The van der Waals surface area contributed by atoms with E-state index in [9.17, 15) is 18.0 Å². The molecule has 0 atom stereocenters. The van der Waals surface area contributed by atoms with Crippen molar-refractivity contribution in [2.24, 2.45) is 0 Å². The molecule has 2 aromatic carbocycles. The first-order chi connectivity index (χ1) is 17.3. The van der Waals surface area contributed by atoms with Crippen LogP contribution in [0.4, 0.5) is 5.00 Å². The number of carbonyl (C=O) groups is 2. The van der Waals surface area contributed by atoms with Crippen molar-refractivity contribution in [1.29, 1.82) is 0 Å². The molecule has 0 bridgehead atoms. The molecule has 2 N–H and O–H groups in total. The highest BCUT2D eigenvalue weighted by Gasteiger charge is 2.26. The predicted octanol–water partition coefficient (Wildman–Crippen LogP) is 4.84. The maximum absolute atomic E-state index is 13.2. The Hall–Kier alpha value is -3.01. The smallest absolute Gasteiger partial charge is 0.256 e. The van der Waals surface area contributed by atoms with Gasteiger partial charge in [-0.25, -0.2) is 8.42 Å². The van der Waals surface area contributed by atoms with Gasteiger partial charge in [0, 0.05) is 30.6 Å². The lowest BCUT2D eigenvalue weighted by atomic mass is 10.0. The van der Waals surface area contributed by atoms with Gasteiger partial charge in [-0.2, -0.15) is 4.31 Å². The maximum Gasteiger partial charge on any atom is 0.256 e. The number of fused-ring (bicyclic) bond motifs is 1. The molecule has 1 aromatic heterocycles. The summed E-state index contributed by atoms with van der Waals surface area (Å²) in [5.74, 6) is -0.582. The van der Waals surface area contributed by atoms with Crippen LogP contribution >= 0.6 is 11.3 Å². The molecular weight excluding hydrogens is 494 g/mol. The molecule has 36 heavy (non-hydrogen) atoms. The molecule has 0 saturated heterocycles. The Kier molecular flexibility index (Phi) is 8.23. The number of carbonyl (C=O) groups excluding carboxylic acids is 2. The van der Waals surface area contributed by atoms with Gasteiger partial charge >= 0.3 is 0 Å². The van der Waals surface area contributed by atoms with Crippen molar-refractivity contribution in [3.8, 4) is 0 Å². The second kappa shape index (κ2) is 11.4. The third-order valence-corrected chi connectivity index (χ3v) is 9.55. The minimum Gasteiger partial charge on any atom is -0.355 e. The van der Waals surface area contributed by atoms with Crippen LogP contribution in [0.2, 0.25) is 0 Å². The number of thiophene rings is 1. The molecule has 2 amide bonds. The normalized spacial score (nSPS) is 13.6. The van der Waals surface area contributed by atoms with Gasteiger partial charge in [0.15, 0.2) is 0 Å². The molecule has 9 heteroatoms. The average Bonchev–Trinajstić information content (AvgIpc) is 3.07. The van der Waals surface area contributed by atoms with Gasteiger partial charge in [0.1, 0.15) is 5.00 Å². The standard InChI is InChI=1S/C27H31N3O4S2/c1-3-30(18-19-10-6-4-7-11-19)36(33,34)21-16-14-20(15-17-21)25(31)29-27-24(26(32)28-2)22-12-8-5-9-13-23(22)35-27/h4,6-7,10-11,14-17H,3,5,8-9,12-13,18H2,1-2H3,(H,28,32)(H,29,31). The van der Waals surface area contributed by atoms with Gasteiger partial charge in [-0.15, -0.1) is 11.3 Å². The van der Waals surface area contributed by atoms with Crippen LogP contribution in [-0.2, 0) is 29.4 Å². The quantitative estimate of drug-likeness (QED) is 0.412. The summed E-state index contributed by atoms with van der Waals surface area (Å²) in [6, 6.07) is 15.4. The molecule has 190 valence electrons. The van der Waals surface area contributed by atoms with E-state index in [4.69, 9.17) is 0 Å². The molecule has 0 spiro atoms. The van der Waals surface area contributed by atoms with E-state index in [2.05, 4.69) is 10.6 Å². The van der Waals surface area contributed by atoms with Crippen LogP contribution in [-0.4, -0.2) is 38.1 Å². The molecule has 0 radical (unpaired) electrons. The van der Waals surface area contributed by atoms with E-state index in [1.54, 1.807) is 14.0 Å². The number of aryl methyl sites for hydroxylation is 1. The number of hydrogen-bond acceptors (Lipinski definition) is 5. The zero-order valence-electron chi connectivity index (χ0n) is 20.5. The summed E-state index contributed by atoms with van der Waals surface area (Å²) >= 11 is 1.46.